The summed E-state index contributed by atoms with van der Waals surface area (Å²) in [4.78, 5) is 12.4. The summed E-state index contributed by atoms with van der Waals surface area (Å²) in [6, 6.07) is 17.7. The molecular formula is C19H12Cl2N4O. The molecule has 0 aliphatic heterocycles. The van der Waals surface area contributed by atoms with Gasteiger partial charge >= 0.3 is 0 Å². The van der Waals surface area contributed by atoms with Crippen LogP contribution in [-0.2, 0) is 0 Å². The molecule has 0 aliphatic rings. The van der Waals surface area contributed by atoms with Gasteiger partial charge in [0, 0.05) is 23.0 Å². The van der Waals surface area contributed by atoms with Gasteiger partial charge in [0.1, 0.15) is 0 Å². The molecule has 0 aliphatic carbocycles. The van der Waals surface area contributed by atoms with Crippen LogP contribution in [0.25, 0.3) is 17.0 Å². The second-order valence-electron chi connectivity index (χ2n) is 5.59. The van der Waals surface area contributed by atoms with E-state index in [2.05, 4.69) is 15.5 Å². The van der Waals surface area contributed by atoms with E-state index in [9.17, 15) is 4.79 Å². The van der Waals surface area contributed by atoms with Crippen molar-refractivity contribution in [1.29, 1.82) is 0 Å². The molecule has 2 heterocycles. The number of hydrogen-bond acceptors (Lipinski definition) is 3. The number of fused-ring (bicyclic) bond motifs is 1. The van der Waals surface area contributed by atoms with E-state index in [0.717, 1.165) is 0 Å². The van der Waals surface area contributed by atoms with Crippen LogP contribution in [0, 0.1) is 0 Å². The predicted molar refractivity (Wildman–Crippen MR) is 103 cm³/mol. The van der Waals surface area contributed by atoms with Crippen molar-refractivity contribution >= 4 is 40.4 Å². The highest BCUT2D eigenvalue weighted by Crippen LogP contribution is 2.31. The van der Waals surface area contributed by atoms with Gasteiger partial charge < -0.3 is 5.32 Å². The summed E-state index contributed by atoms with van der Waals surface area (Å²) < 4.78 is 1.76. The number of anilines is 1. The average molecular weight is 383 g/mol. The Hall–Kier alpha value is -2.89. The third-order valence-electron chi connectivity index (χ3n) is 3.89. The first-order valence-corrected chi connectivity index (χ1v) is 8.54. The first-order valence-electron chi connectivity index (χ1n) is 7.79. The van der Waals surface area contributed by atoms with Crippen LogP contribution in [0.2, 0.25) is 10.0 Å². The quantitative estimate of drug-likeness (QED) is 0.544. The Morgan fingerprint density at radius 1 is 0.923 bits per heavy atom. The summed E-state index contributed by atoms with van der Waals surface area (Å²) in [7, 11) is 0. The standard InChI is InChI=1S/C19H12Cl2N4O/c20-15-9-8-13(22-19(26)12-5-2-1-3-6-12)11-14(15)17-23-24-18-16(21)7-4-10-25(17)18/h1-11H,(H,22,26). The van der Waals surface area contributed by atoms with E-state index in [-0.39, 0.29) is 5.91 Å². The third kappa shape index (κ3) is 3.03. The van der Waals surface area contributed by atoms with Crippen LogP contribution in [0.15, 0.2) is 66.9 Å². The zero-order valence-corrected chi connectivity index (χ0v) is 14.9. The topological polar surface area (TPSA) is 59.3 Å². The first-order chi connectivity index (χ1) is 12.6. The summed E-state index contributed by atoms with van der Waals surface area (Å²) in [6.45, 7) is 0. The largest absolute Gasteiger partial charge is 0.322 e. The highest BCUT2D eigenvalue weighted by Gasteiger charge is 2.15. The molecule has 0 spiro atoms. The second-order valence-corrected chi connectivity index (χ2v) is 6.40. The Bertz CT molecular complexity index is 1110. The highest BCUT2D eigenvalue weighted by atomic mass is 35.5. The molecule has 0 bridgehead atoms. The molecule has 0 radical (unpaired) electrons. The van der Waals surface area contributed by atoms with Gasteiger partial charge in [0.25, 0.3) is 5.91 Å². The number of aromatic nitrogens is 3. The lowest BCUT2D eigenvalue weighted by Crippen LogP contribution is -2.11. The van der Waals surface area contributed by atoms with Crippen molar-refractivity contribution in [3.8, 4) is 11.4 Å². The fourth-order valence-electron chi connectivity index (χ4n) is 2.63. The maximum absolute atomic E-state index is 12.4. The number of pyridine rings is 1. The van der Waals surface area contributed by atoms with Gasteiger partial charge in [-0.2, -0.15) is 0 Å². The van der Waals surface area contributed by atoms with Crippen molar-refractivity contribution in [2.45, 2.75) is 0 Å². The summed E-state index contributed by atoms with van der Waals surface area (Å²) in [5.41, 5.74) is 2.37. The smallest absolute Gasteiger partial charge is 0.255 e. The lowest BCUT2D eigenvalue weighted by atomic mass is 10.1. The van der Waals surface area contributed by atoms with Crippen LogP contribution in [0.4, 0.5) is 5.69 Å². The number of nitrogens with one attached hydrogen (secondary N) is 1. The number of hydrogen-bond donors (Lipinski definition) is 1. The molecule has 1 N–H and O–H groups in total. The molecule has 2 aromatic heterocycles. The lowest BCUT2D eigenvalue weighted by molar-refractivity contribution is 0.102. The molecule has 0 saturated carbocycles. The predicted octanol–water partition coefficient (Wildman–Crippen LogP) is 4.96. The van der Waals surface area contributed by atoms with E-state index in [1.807, 2.05) is 24.4 Å². The Morgan fingerprint density at radius 2 is 1.73 bits per heavy atom. The van der Waals surface area contributed by atoms with Crippen LogP contribution in [0.1, 0.15) is 10.4 Å². The number of nitrogens with zero attached hydrogens (tertiary/aromatic N) is 3. The second kappa shape index (κ2) is 6.78. The molecule has 0 unspecified atom stereocenters. The van der Waals surface area contributed by atoms with E-state index in [0.29, 0.717) is 38.3 Å². The maximum Gasteiger partial charge on any atom is 0.255 e. The molecule has 0 saturated heterocycles. The van der Waals surface area contributed by atoms with Crippen molar-refractivity contribution in [3.63, 3.8) is 0 Å². The van der Waals surface area contributed by atoms with E-state index < -0.39 is 0 Å². The minimum absolute atomic E-state index is 0.201. The van der Waals surface area contributed by atoms with E-state index in [4.69, 9.17) is 23.2 Å². The van der Waals surface area contributed by atoms with Crippen LogP contribution >= 0.6 is 23.2 Å². The number of rotatable bonds is 3. The zero-order chi connectivity index (χ0) is 18.1. The van der Waals surface area contributed by atoms with Crippen molar-refractivity contribution in [2.24, 2.45) is 0 Å². The average Bonchev–Trinajstić information content (AvgIpc) is 3.09. The minimum atomic E-state index is -0.201. The van der Waals surface area contributed by atoms with E-state index >= 15 is 0 Å². The molecule has 5 nitrogen and oxygen atoms in total. The van der Waals surface area contributed by atoms with Gasteiger partial charge in [0.05, 0.1) is 10.0 Å². The molecule has 0 fully saturated rings. The van der Waals surface area contributed by atoms with Gasteiger partial charge in [-0.15, -0.1) is 10.2 Å². The highest BCUT2D eigenvalue weighted by molar-refractivity contribution is 6.34. The zero-order valence-electron chi connectivity index (χ0n) is 13.4. The Balaban J connectivity index is 1.73. The first kappa shape index (κ1) is 16.6. The van der Waals surface area contributed by atoms with Gasteiger partial charge in [-0.3, -0.25) is 9.20 Å². The molecule has 0 atom stereocenters. The van der Waals surface area contributed by atoms with Gasteiger partial charge in [0.2, 0.25) is 0 Å². The van der Waals surface area contributed by atoms with E-state index in [1.54, 1.807) is 46.9 Å². The van der Waals surface area contributed by atoms with Gasteiger partial charge in [-0.25, -0.2) is 0 Å². The Labute approximate surface area is 159 Å². The normalized spacial score (nSPS) is 10.8. The molecule has 7 heteroatoms. The van der Waals surface area contributed by atoms with Gasteiger partial charge in [0.15, 0.2) is 11.5 Å². The fourth-order valence-corrected chi connectivity index (χ4v) is 3.04. The maximum atomic E-state index is 12.4. The minimum Gasteiger partial charge on any atom is -0.322 e. The van der Waals surface area contributed by atoms with Gasteiger partial charge in [-0.05, 0) is 42.5 Å². The fraction of sp³-hybridized carbons (Fsp3) is 0. The van der Waals surface area contributed by atoms with Crippen molar-refractivity contribution in [3.05, 3.63) is 82.5 Å². The van der Waals surface area contributed by atoms with Crippen LogP contribution < -0.4 is 5.32 Å². The van der Waals surface area contributed by atoms with Crippen molar-refractivity contribution in [1.82, 2.24) is 14.6 Å². The summed E-state index contributed by atoms with van der Waals surface area (Å²) in [5, 5.41) is 12.2. The molecule has 4 aromatic rings. The number of halogens is 2. The van der Waals surface area contributed by atoms with Crippen molar-refractivity contribution < 1.29 is 4.79 Å². The number of carbonyl (C=O) groups excluding carboxylic acids is 1. The number of amides is 1. The molecule has 26 heavy (non-hydrogen) atoms. The number of carbonyl (C=O) groups is 1. The molecular weight excluding hydrogens is 371 g/mol. The third-order valence-corrected chi connectivity index (χ3v) is 4.51. The summed E-state index contributed by atoms with van der Waals surface area (Å²) in [5.74, 6) is 0.344. The molecule has 128 valence electrons. The summed E-state index contributed by atoms with van der Waals surface area (Å²) >= 11 is 12.5. The SMILES string of the molecule is O=C(Nc1ccc(Cl)c(-c2nnc3c(Cl)cccn23)c1)c1ccccc1. The van der Waals surface area contributed by atoms with Crippen LogP contribution in [-0.4, -0.2) is 20.5 Å². The van der Waals surface area contributed by atoms with Crippen LogP contribution in [0.5, 0.6) is 0 Å². The van der Waals surface area contributed by atoms with Gasteiger partial charge in [-0.1, -0.05) is 41.4 Å². The summed E-state index contributed by atoms with van der Waals surface area (Å²) in [6.07, 6.45) is 1.81. The lowest BCUT2D eigenvalue weighted by Gasteiger charge is -2.09. The monoisotopic (exact) mass is 382 g/mol. The Morgan fingerprint density at radius 3 is 2.54 bits per heavy atom. The number of benzene rings is 2. The molecule has 4 rings (SSSR count). The van der Waals surface area contributed by atoms with Crippen LogP contribution in [0.3, 0.4) is 0 Å². The van der Waals surface area contributed by atoms with Crippen molar-refractivity contribution in [2.75, 3.05) is 5.32 Å². The Kier molecular flexibility index (Phi) is 4.32. The molecule has 1 amide bonds. The van der Waals surface area contributed by atoms with E-state index in [1.165, 1.54) is 0 Å². The molecule has 2 aromatic carbocycles.